The zero-order chi connectivity index (χ0) is 12.2. The van der Waals surface area contributed by atoms with Gasteiger partial charge >= 0.3 is 5.97 Å². The molecule has 1 saturated carbocycles. The summed E-state index contributed by atoms with van der Waals surface area (Å²) in [5, 5.41) is 11.8. The number of rotatable bonds is 4. The Hall–Kier alpha value is -1.10. The van der Waals surface area contributed by atoms with Crippen LogP contribution >= 0.6 is 0 Å². The number of hydrogen-bond donors (Lipinski definition) is 3. The summed E-state index contributed by atoms with van der Waals surface area (Å²) in [4.78, 5) is 22.5. The van der Waals surface area contributed by atoms with Crippen LogP contribution in [0.1, 0.15) is 39.0 Å². The van der Waals surface area contributed by atoms with Crippen LogP contribution in [0, 0.1) is 5.92 Å². The van der Waals surface area contributed by atoms with Gasteiger partial charge in [-0.2, -0.15) is 0 Å². The van der Waals surface area contributed by atoms with E-state index in [1.165, 1.54) is 0 Å². The lowest BCUT2D eigenvalue weighted by atomic mass is 9.75. The monoisotopic (exact) mass is 228 g/mol. The van der Waals surface area contributed by atoms with Gasteiger partial charge in [-0.05, 0) is 31.6 Å². The maximum atomic E-state index is 11.3. The zero-order valence-corrected chi connectivity index (χ0v) is 9.66. The van der Waals surface area contributed by atoms with Crippen LogP contribution in [0.2, 0.25) is 0 Å². The topological polar surface area (TPSA) is 92.4 Å². The minimum Gasteiger partial charge on any atom is -0.480 e. The molecule has 1 aliphatic rings. The molecule has 16 heavy (non-hydrogen) atoms. The zero-order valence-electron chi connectivity index (χ0n) is 9.66. The van der Waals surface area contributed by atoms with E-state index in [2.05, 4.69) is 12.2 Å². The highest BCUT2D eigenvalue weighted by atomic mass is 16.4. The van der Waals surface area contributed by atoms with E-state index in [4.69, 9.17) is 5.73 Å². The Bertz CT molecular complexity index is 270. The minimum atomic E-state index is -1.08. The van der Waals surface area contributed by atoms with Gasteiger partial charge in [0.05, 0.1) is 6.54 Å². The molecule has 0 saturated heterocycles. The number of aliphatic carboxylic acids is 1. The summed E-state index contributed by atoms with van der Waals surface area (Å²) < 4.78 is 0. The molecule has 0 spiro atoms. The maximum Gasteiger partial charge on any atom is 0.329 e. The van der Waals surface area contributed by atoms with Crippen molar-refractivity contribution in [2.75, 3.05) is 6.54 Å². The highest BCUT2D eigenvalue weighted by Crippen LogP contribution is 2.33. The summed E-state index contributed by atoms with van der Waals surface area (Å²) >= 11 is 0. The van der Waals surface area contributed by atoms with Crippen molar-refractivity contribution in [3.63, 3.8) is 0 Å². The van der Waals surface area contributed by atoms with Crippen molar-refractivity contribution in [3.8, 4) is 0 Å². The van der Waals surface area contributed by atoms with Crippen molar-refractivity contribution >= 4 is 11.9 Å². The first kappa shape index (κ1) is 13.0. The molecule has 0 radical (unpaired) electrons. The molecule has 1 rings (SSSR count). The second kappa shape index (κ2) is 5.30. The van der Waals surface area contributed by atoms with E-state index in [1.54, 1.807) is 0 Å². The average Bonchev–Trinajstić information content (AvgIpc) is 2.29. The molecule has 0 aromatic carbocycles. The van der Waals surface area contributed by atoms with E-state index in [0.29, 0.717) is 18.8 Å². The van der Waals surface area contributed by atoms with Crippen LogP contribution in [0.25, 0.3) is 0 Å². The summed E-state index contributed by atoms with van der Waals surface area (Å²) in [6, 6.07) is 0. The van der Waals surface area contributed by atoms with E-state index in [-0.39, 0.29) is 6.54 Å². The van der Waals surface area contributed by atoms with Crippen LogP contribution in [0.5, 0.6) is 0 Å². The van der Waals surface area contributed by atoms with Gasteiger partial charge in [-0.1, -0.05) is 13.3 Å². The minimum absolute atomic E-state index is 0.160. The van der Waals surface area contributed by atoms with Crippen LogP contribution in [0.15, 0.2) is 0 Å². The summed E-state index contributed by atoms with van der Waals surface area (Å²) in [5.74, 6) is -0.747. The lowest BCUT2D eigenvalue weighted by Crippen LogP contribution is -2.57. The summed E-state index contributed by atoms with van der Waals surface area (Å²) in [6.45, 7) is 1.95. The third kappa shape index (κ3) is 2.72. The predicted molar refractivity (Wildman–Crippen MR) is 59.8 cm³/mol. The van der Waals surface area contributed by atoms with Crippen LogP contribution < -0.4 is 11.1 Å². The van der Waals surface area contributed by atoms with Crippen molar-refractivity contribution in [1.82, 2.24) is 5.32 Å². The van der Waals surface area contributed by atoms with E-state index in [1.807, 2.05) is 0 Å². The fourth-order valence-corrected chi connectivity index (χ4v) is 2.29. The van der Waals surface area contributed by atoms with Crippen LogP contribution in [0.4, 0.5) is 0 Å². The van der Waals surface area contributed by atoms with Gasteiger partial charge in [0.1, 0.15) is 5.54 Å². The second-order valence-electron chi connectivity index (χ2n) is 4.49. The van der Waals surface area contributed by atoms with Crippen molar-refractivity contribution < 1.29 is 14.7 Å². The first-order chi connectivity index (χ1) is 7.54. The van der Waals surface area contributed by atoms with E-state index >= 15 is 0 Å². The summed E-state index contributed by atoms with van der Waals surface area (Å²) in [7, 11) is 0. The molecule has 0 aliphatic heterocycles. The lowest BCUT2D eigenvalue weighted by molar-refractivity contribution is -0.149. The third-order valence-electron chi connectivity index (χ3n) is 3.51. The Labute approximate surface area is 95.4 Å². The third-order valence-corrected chi connectivity index (χ3v) is 3.51. The molecular formula is C11H20N2O3. The molecule has 0 bridgehead atoms. The number of nitrogens with two attached hydrogens (primary N) is 1. The Morgan fingerprint density at radius 1 is 1.44 bits per heavy atom. The molecule has 0 unspecified atom stereocenters. The summed E-state index contributed by atoms with van der Waals surface area (Å²) in [5.41, 5.74) is 4.12. The predicted octanol–water partition coefficient (Wildman–Crippen LogP) is 0.485. The SMILES string of the molecule is CCC1CCC(NC(=O)CN)(C(=O)O)CC1. The van der Waals surface area contributed by atoms with Gasteiger partial charge in [-0.3, -0.25) is 4.79 Å². The Kier molecular flexibility index (Phi) is 4.29. The molecule has 4 N–H and O–H groups in total. The average molecular weight is 228 g/mol. The number of carboxylic acid groups (broad SMARTS) is 1. The molecule has 5 nitrogen and oxygen atoms in total. The van der Waals surface area contributed by atoms with Crippen LogP contribution in [-0.2, 0) is 9.59 Å². The highest BCUT2D eigenvalue weighted by molar-refractivity contribution is 5.87. The van der Waals surface area contributed by atoms with Crippen molar-refractivity contribution in [1.29, 1.82) is 0 Å². The first-order valence-corrected chi connectivity index (χ1v) is 5.78. The van der Waals surface area contributed by atoms with Gasteiger partial charge < -0.3 is 16.2 Å². The van der Waals surface area contributed by atoms with Crippen LogP contribution in [0.3, 0.4) is 0 Å². The molecule has 1 fully saturated rings. The van der Waals surface area contributed by atoms with E-state index in [0.717, 1.165) is 19.3 Å². The molecule has 5 heteroatoms. The van der Waals surface area contributed by atoms with E-state index in [9.17, 15) is 14.7 Å². The van der Waals surface area contributed by atoms with Crippen molar-refractivity contribution in [3.05, 3.63) is 0 Å². The molecule has 0 heterocycles. The Morgan fingerprint density at radius 2 is 2.00 bits per heavy atom. The quantitative estimate of drug-likeness (QED) is 0.652. The van der Waals surface area contributed by atoms with Gasteiger partial charge in [0.25, 0.3) is 0 Å². The largest absolute Gasteiger partial charge is 0.480 e. The molecular weight excluding hydrogens is 208 g/mol. The molecule has 0 aromatic heterocycles. The smallest absolute Gasteiger partial charge is 0.329 e. The van der Waals surface area contributed by atoms with Gasteiger partial charge in [0.15, 0.2) is 0 Å². The Morgan fingerprint density at radius 3 is 2.38 bits per heavy atom. The van der Waals surface area contributed by atoms with Gasteiger partial charge in [-0.25, -0.2) is 4.79 Å². The van der Waals surface area contributed by atoms with Crippen LogP contribution in [-0.4, -0.2) is 29.1 Å². The van der Waals surface area contributed by atoms with E-state index < -0.39 is 17.4 Å². The lowest BCUT2D eigenvalue weighted by Gasteiger charge is -2.37. The Balaban J connectivity index is 2.68. The number of carboxylic acids is 1. The normalized spacial score (nSPS) is 29.8. The number of hydrogen-bond acceptors (Lipinski definition) is 3. The highest BCUT2D eigenvalue weighted by Gasteiger charge is 2.42. The fraction of sp³-hybridized carbons (Fsp3) is 0.818. The maximum absolute atomic E-state index is 11.3. The fourth-order valence-electron chi connectivity index (χ4n) is 2.29. The van der Waals surface area contributed by atoms with Gasteiger partial charge in [-0.15, -0.1) is 0 Å². The first-order valence-electron chi connectivity index (χ1n) is 5.78. The van der Waals surface area contributed by atoms with Gasteiger partial charge in [0, 0.05) is 0 Å². The number of carbonyl (C=O) groups excluding carboxylic acids is 1. The molecule has 0 aromatic rings. The molecule has 0 atom stereocenters. The molecule has 1 aliphatic carbocycles. The summed E-state index contributed by atoms with van der Waals surface area (Å²) in [6.07, 6.45) is 3.79. The number of amides is 1. The standard InChI is InChI=1S/C11H20N2O3/c1-2-8-3-5-11(6-4-8,10(15)16)13-9(14)7-12/h8H,2-7,12H2,1H3,(H,13,14)(H,15,16). The second-order valence-corrected chi connectivity index (χ2v) is 4.49. The molecule has 92 valence electrons. The van der Waals surface area contributed by atoms with Gasteiger partial charge in [0.2, 0.25) is 5.91 Å². The number of carbonyl (C=O) groups is 2. The van der Waals surface area contributed by atoms with Crippen molar-refractivity contribution in [2.45, 2.75) is 44.6 Å². The number of nitrogens with one attached hydrogen (secondary N) is 1. The molecule has 1 amide bonds. The van der Waals surface area contributed by atoms with Crippen molar-refractivity contribution in [2.24, 2.45) is 11.7 Å².